The van der Waals surface area contributed by atoms with E-state index in [1.807, 2.05) is 0 Å². The normalized spacial score (nSPS) is 17.6. The summed E-state index contributed by atoms with van der Waals surface area (Å²) in [5, 5.41) is 11.1. The fourth-order valence-electron chi connectivity index (χ4n) is 2.05. The molecule has 1 aromatic carbocycles. The number of ether oxygens (including phenoxy) is 1. The number of hydrogen-bond donors (Lipinski definition) is 1. The van der Waals surface area contributed by atoms with Crippen molar-refractivity contribution in [2.45, 2.75) is 11.3 Å². The molecule has 1 aromatic rings. The van der Waals surface area contributed by atoms with E-state index in [1.165, 1.54) is 22.5 Å². The van der Waals surface area contributed by atoms with Crippen LogP contribution in [-0.2, 0) is 14.8 Å². The van der Waals surface area contributed by atoms with Crippen LogP contribution in [0.2, 0.25) is 0 Å². The first-order valence-corrected chi connectivity index (χ1v) is 7.49. The van der Waals surface area contributed by atoms with Gasteiger partial charge in [0.2, 0.25) is 10.0 Å². The molecule has 1 aliphatic heterocycles. The van der Waals surface area contributed by atoms with Crippen LogP contribution < -0.4 is 5.73 Å². The second-order valence-corrected chi connectivity index (χ2v) is 6.23. The summed E-state index contributed by atoms with van der Waals surface area (Å²) in [7, 11) is -3.95. The van der Waals surface area contributed by atoms with Crippen LogP contribution in [0.5, 0.6) is 0 Å². The van der Waals surface area contributed by atoms with Crippen molar-refractivity contribution in [1.29, 1.82) is 0 Å². The predicted molar refractivity (Wildman–Crippen MR) is 71.7 cm³/mol. The molecule has 20 heavy (non-hydrogen) atoms. The number of nitrogen functional groups attached to an aromatic ring is 1. The smallest absolute Gasteiger partial charge is 0.312 e. The van der Waals surface area contributed by atoms with E-state index in [-0.39, 0.29) is 30.3 Å². The molecule has 0 spiro atoms. The van der Waals surface area contributed by atoms with Crippen LogP contribution in [0.4, 0.5) is 11.4 Å². The molecule has 0 saturated carbocycles. The summed E-state index contributed by atoms with van der Waals surface area (Å²) >= 11 is 0. The van der Waals surface area contributed by atoms with Gasteiger partial charge in [0.15, 0.2) is 4.90 Å². The van der Waals surface area contributed by atoms with E-state index in [9.17, 15) is 18.5 Å². The SMILES string of the molecule is Nc1cccc(S(=O)(=O)N2CCCOCC2)c1[N+](=O)[O-]. The summed E-state index contributed by atoms with van der Waals surface area (Å²) in [6.45, 7) is 1.20. The minimum atomic E-state index is -3.95. The quantitative estimate of drug-likeness (QED) is 0.496. The van der Waals surface area contributed by atoms with Gasteiger partial charge >= 0.3 is 5.69 Å². The van der Waals surface area contributed by atoms with Gasteiger partial charge in [-0.05, 0) is 18.6 Å². The summed E-state index contributed by atoms with van der Waals surface area (Å²) in [6, 6.07) is 3.90. The Morgan fingerprint density at radius 3 is 2.75 bits per heavy atom. The third kappa shape index (κ3) is 2.74. The Bertz CT molecular complexity index is 608. The molecule has 1 fully saturated rings. The number of anilines is 1. The first-order chi connectivity index (χ1) is 9.44. The molecule has 1 aliphatic rings. The third-order valence-electron chi connectivity index (χ3n) is 3.01. The van der Waals surface area contributed by atoms with E-state index < -0.39 is 20.6 Å². The first-order valence-electron chi connectivity index (χ1n) is 6.05. The van der Waals surface area contributed by atoms with Crippen LogP contribution in [0.25, 0.3) is 0 Å². The van der Waals surface area contributed by atoms with E-state index in [1.54, 1.807) is 0 Å². The van der Waals surface area contributed by atoms with Crippen LogP contribution in [0.15, 0.2) is 23.1 Å². The van der Waals surface area contributed by atoms with Gasteiger partial charge < -0.3 is 10.5 Å². The molecule has 0 radical (unpaired) electrons. The Hall–Kier alpha value is -1.71. The third-order valence-corrected chi connectivity index (χ3v) is 4.94. The molecule has 110 valence electrons. The lowest BCUT2D eigenvalue weighted by molar-refractivity contribution is -0.386. The fraction of sp³-hybridized carbons (Fsp3) is 0.455. The molecule has 0 aliphatic carbocycles. The van der Waals surface area contributed by atoms with Gasteiger partial charge in [-0.15, -0.1) is 0 Å². The number of para-hydroxylation sites is 1. The highest BCUT2D eigenvalue weighted by molar-refractivity contribution is 7.89. The highest BCUT2D eigenvalue weighted by atomic mass is 32.2. The zero-order valence-electron chi connectivity index (χ0n) is 10.7. The number of nitro groups is 1. The molecule has 0 aromatic heterocycles. The van der Waals surface area contributed by atoms with Crippen LogP contribution in [0.1, 0.15) is 6.42 Å². The lowest BCUT2D eigenvalue weighted by Gasteiger charge is -2.19. The number of rotatable bonds is 3. The van der Waals surface area contributed by atoms with Crippen LogP contribution in [0.3, 0.4) is 0 Å². The van der Waals surface area contributed by atoms with Gasteiger partial charge in [-0.25, -0.2) is 8.42 Å². The minimum Gasteiger partial charge on any atom is -0.393 e. The maximum absolute atomic E-state index is 12.5. The van der Waals surface area contributed by atoms with Crippen molar-refractivity contribution in [3.05, 3.63) is 28.3 Å². The molecule has 8 nitrogen and oxygen atoms in total. The maximum Gasteiger partial charge on any atom is 0.312 e. The van der Waals surface area contributed by atoms with Crippen molar-refractivity contribution >= 4 is 21.4 Å². The summed E-state index contributed by atoms with van der Waals surface area (Å²) in [6.07, 6.45) is 0.551. The van der Waals surface area contributed by atoms with Gasteiger partial charge in [0, 0.05) is 19.7 Å². The lowest BCUT2D eigenvalue weighted by atomic mass is 10.3. The number of nitrogens with two attached hydrogens (primary N) is 1. The van der Waals surface area contributed by atoms with Gasteiger partial charge in [-0.1, -0.05) is 6.07 Å². The van der Waals surface area contributed by atoms with Gasteiger partial charge in [0.1, 0.15) is 5.69 Å². The Morgan fingerprint density at radius 2 is 2.05 bits per heavy atom. The molecule has 0 bridgehead atoms. The standard InChI is InChI=1S/C11H15N3O5S/c12-9-3-1-4-10(11(9)14(15)16)20(17,18)13-5-2-7-19-8-6-13/h1,3-4H,2,5-8,12H2. The molecule has 9 heteroatoms. The summed E-state index contributed by atoms with van der Waals surface area (Å²) < 4.78 is 31.4. The molecule has 0 amide bonds. The molecule has 1 saturated heterocycles. The first kappa shape index (κ1) is 14.7. The van der Waals surface area contributed by atoms with Gasteiger partial charge in [-0.2, -0.15) is 4.31 Å². The van der Waals surface area contributed by atoms with E-state index in [0.717, 1.165) is 0 Å². The zero-order valence-corrected chi connectivity index (χ0v) is 11.5. The van der Waals surface area contributed by atoms with Gasteiger partial charge in [0.05, 0.1) is 11.5 Å². The van der Waals surface area contributed by atoms with Crippen molar-refractivity contribution < 1.29 is 18.1 Å². The van der Waals surface area contributed by atoms with E-state index in [2.05, 4.69) is 0 Å². The van der Waals surface area contributed by atoms with Crippen LogP contribution >= 0.6 is 0 Å². The average Bonchev–Trinajstić information content (AvgIpc) is 2.67. The van der Waals surface area contributed by atoms with Crippen molar-refractivity contribution in [3.8, 4) is 0 Å². The Kier molecular flexibility index (Phi) is 4.21. The molecule has 0 unspecified atom stereocenters. The lowest BCUT2D eigenvalue weighted by Crippen LogP contribution is -2.33. The van der Waals surface area contributed by atoms with E-state index in [4.69, 9.17) is 10.5 Å². The zero-order chi connectivity index (χ0) is 14.8. The topological polar surface area (TPSA) is 116 Å². The van der Waals surface area contributed by atoms with Gasteiger partial charge in [-0.3, -0.25) is 10.1 Å². The molecule has 2 N–H and O–H groups in total. The monoisotopic (exact) mass is 301 g/mol. The summed E-state index contributed by atoms with van der Waals surface area (Å²) in [5.74, 6) is 0. The minimum absolute atomic E-state index is 0.165. The molecule has 1 heterocycles. The van der Waals surface area contributed by atoms with E-state index in [0.29, 0.717) is 13.0 Å². The van der Waals surface area contributed by atoms with Crippen molar-refractivity contribution in [2.24, 2.45) is 0 Å². The highest BCUT2D eigenvalue weighted by Crippen LogP contribution is 2.31. The Labute approximate surface area is 116 Å². The molecule has 2 rings (SSSR count). The molecular weight excluding hydrogens is 286 g/mol. The average molecular weight is 301 g/mol. The largest absolute Gasteiger partial charge is 0.393 e. The number of sulfonamides is 1. The molecule has 0 atom stereocenters. The van der Waals surface area contributed by atoms with Gasteiger partial charge in [0.25, 0.3) is 0 Å². The van der Waals surface area contributed by atoms with Crippen molar-refractivity contribution in [3.63, 3.8) is 0 Å². The van der Waals surface area contributed by atoms with E-state index >= 15 is 0 Å². The van der Waals surface area contributed by atoms with Crippen LogP contribution in [0, 0.1) is 10.1 Å². The van der Waals surface area contributed by atoms with Crippen LogP contribution in [-0.4, -0.2) is 43.9 Å². The number of nitrogens with zero attached hydrogens (tertiary/aromatic N) is 2. The van der Waals surface area contributed by atoms with Crippen molar-refractivity contribution in [2.75, 3.05) is 32.0 Å². The number of hydrogen-bond acceptors (Lipinski definition) is 6. The Balaban J connectivity index is 2.48. The summed E-state index contributed by atoms with van der Waals surface area (Å²) in [4.78, 5) is 9.92. The summed E-state index contributed by atoms with van der Waals surface area (Å²) in [5.41, 5.74) is 4.79. The second-order valence-electron chi connectivity index (χ2n) is 4.32. The molecular formula is C11H15N3O5S. The number of nitro benzene ring substituents is 1. The fourth-order valence-corrected chi connectivity index (χ4v) is 3.70. The Morgan fingerprint density at radius 1 is 1.30 bits per heavy atom. The number of benzene rings is 1. The predicted octanol–water partition coefficient (Wildman–Crippen LogP) is 0.588. The highest BCUT2D eigenvalue weighted by Gasteiger charge is 2.33. The van der Waals surface area contributed by atoms with Crippen molar-refractivity contribution in [1.82, 2.24) is 4.31 Å². The maximum atomic E-state index is 12.5. The second kappa shape index (κ2) is 5.73.